The Kier molecular flexibility index (Phi) is 4.36. The summed E-state index contributed by atoms with van der Waals surface area (Å²) in [7, 11) is 0. The summed E-state index contributed by atoms with van der Waals surface area (Å²) in [5.41, 5.74) is 0.710. The Morgan fingerprint density at radius 1 is 1.26 bits per heavy atom. The highest BCUT2D eigenvalue weighted by molar-refractivity contribution is 5.81. The van der Waals surface area contributed by atoms with Crippen LogP contribution in [0.1, 0.15) is 12.0 Å². The van der Waals surface area contributed by atoms with E-state index in [0.717, 1.165) is 10.9 Å². The highest BCUT2D eigenvalue weighted by Crippen LogP contribution is 2.26. The Morgan fingerprint density at radius 3 is 2.78 bits per heavy atom. The van der Waals surface area contributed by atoms with Crippen LogP contribution in [0, 0.1) is 6.92 Å². The molecule has 1 fully saturated rings. The van der Waals surface area contributed by atoms with Crippen molar-refractivity contribution in [3.05, 3.63) is 40.2 Å². The summed E-state index contributed by atoms with van der Waals surface area (Å²) in [5, 5.41) is 29.6. The van der Waals surface area contributed by atoms with Gasteiger partial charge in [-0.25, -0.2) is 4.79 Å². The molecule has 1 aliphatic rings. The van der Waals surface area contributed by atoms with Gasteiger partial charge in [0.1, 0.15) is 23.5 Å². The van der Waals surface area contributed by atoms with Crippen LogP contribution in [-0.2, 0) is 4.74 Å². The van der Waals surface area contributed by atoms with Crippen molar-refractivity contribution in [2.45, 2.75) is 37.9 Å². The predicted molar refractivity (Wildman–Crippen MR) is 80.2 cm³/mol. The van der Waals surface area contributed by atoms with Crippen LogP contribution < -0.4 is 10.4 Å². The van der Waals surface area contributed by atoms with Crippen LogP contribution in [-0.4, -0.2) is 46.5 Å². The lowest BCUT2D eigenvalue weighted by molar-refractivity contribution is -0.240. The molecule has 3 N–H and O–H groups in total. The van der Waals surface area contributed by atoms with Crippen molar-refractivity contribution in [2.24, 2.45) is 0 Å². The SMILES string of the molecule is Cc1cc(=O)oc2cc(O[C@H]3O[C@H](CO)[C@H](O)C[C@H]3O)ccc12. The van der Waals surface area contributed by atoms with Gasteiger partial charge in [-0.05, 0) is 24.6 Å². The van der Waals surface area contributed by atoms with Crippen molar-refractivity contribution in [1.29, 1.82) is 0 Å². The lowest BCUT2D eigenvalue weighted by Gasteiger charge is -2.36. The summed E-state index contributed by atoms with van der Waals surface area (Å²) < 4.78 is 16.1. The molecule has 0 spiro atoms. The number of hydrogen-bond donors (Lipinski definition) is 3. The average Bonchev–Trinajstić information content (AvgIpc) is 2.49. The van der Waals surface area contributed by atoms with Crippen molar-refractivity contribution >= 4 is 11.0 Å². The van der Waals surface area contributed by atoms with Crippen molar-refractivity contribution < 1.29 is 29.2 Å². The molecule has 1 saturated heterocycles. The Balaban J connectivity index is 1.85. The first-order chi connectivity index (χ1) is 11.0. The van der Waals surface area contributed by atoms with Gasteiger partial charge in [0.25, 0.3) is 0 Å². The normalized spacial score (nSPS) is 28.0. The van der Waals surface area contributed by atoms with Gasteiger partial charge < -0.3 is 29.2 Å². The quantitative estimate of drug-likeness (QED) is 0.698. The number of ether oxygens (including phenoxy) is 2. The molecule has 0 amide bonds. The minimum atomic E-state index is -1.03. The molecule has 0 saturated carbocycles. The molecular formula is C16H18O7. The molecule has 0 radical (unpaired) electrons. The molecule has 1 aromatic carbocycles. The lowest BCUT2D eigenvalue weighted by atomic mass is 10.0. The van der Waals surface area contributed by atoms with Crippen LogP contribution in [0.25, 0.3) is 11.0 Å². The van der Waals surface area contributed by atoms with Gasteiger partial charge in [0.15, 0.2) is 0 Å². The monoisotopic (exact) mass is 322 g/mol. The van der Waals surface area contributed by atoms with E-state index >= 15 is 0 Å². The Hall–Kier alpha value is -1.93. The molecular weight excluding hydrogens is 304 g/mol. The first kappa shape index (κ1) is 15.9. The summed E-state index contributed by atoms with van der Waals surface area (Å²) in [6.07, 6.45) is -3.79. The molecule has 2 heterocycles. The molecule has 2 aromatic rings. The van der Waals surface area contributed by atoms with E-state index < -0.39 is 30.2 Å². The largest absolute Gasteiger partial charge is 0.462 e. The number of aliphatic hydroxyl groups is 3. The van der Waals surface area contributed by atoms with Gasteiger partial charge in [-0.3, -0.25) is 0 Å². The van der Waals surface area contributed by atoms with Crippen molar-refractivity contribution in [1.82, 2.24) is 0 Å². The minimum Gasteiger partial charge on any atom is -0.462 e. The number of rotatable bonds is 3. The molecule has 4 atom stereocenters. The Labute approximate surface area is 131 Å². The van der Waals surface area contributed by atoms with Crippen molar-refractivity contribution in [2.75, 3.05) is 6.61 Å². The fraction of sp³-hybridized carbons (Fsp3) is 0.438. The van der Waals surface area contributed by atoms with Gasteiger partial charge in [0, 0.05) is 23.9 Å². The average molecular weight is 322 g/mol. The zero-order valence-corrected chi connectivity index (χ0v) is 12.5. The van der Waals surface area contributed by atoms with Crippen molar-refractivity contribution in [3.8, 4) is 5.75 Å². The second-order valence-electron chi connectivity index (χ2n) is 5.62. The smallest absolute Gasteiger partial charge is 0.336 e. The van der Waals surface area contributed by atoms with E-state index in [2.05, 4.69) is 0 Å². The van der Waals surface area contributed by atoms with E-state index in [9.17, 15) is 15.0 Å². The fourth-order valence-corrected chi connectivity index (χ4v) is 2.65. The third-order valence-electron chi connectivity index (χ3n) is 3.89. The zero-order valence-electron chi connectivity index (χ0n) is 12.5. The number of hydrogen-bond acceptors (Lipinski definition) is 7. The van der Waals surface area contributed by atoms with Crippen LogP contribution in [0.4, 0.5) is 0 Å². The fourth-order valence-electron chi connectivity index (χ4n) is 2.65. The molecule has 3 rings (SSSR count). The second-order valence-corrected chi connectivity index (χ2v) is 5.62. The predicted octanol–water partition coefficient (Wildman–Crippen LogP) is 0.309. The van der Waals surface area contributed by atoms with Gasteiger partial charge in [0.05, 0.1) is 12.7 Å². The maximum Gasteiger partial charge on any atom is 0.336 e. The maximum atomic E-state index is 11.4. The number of aliphatic hydroxyl groups excluding tert-OH is 3. The maximum absolute atomic E-state index is 11.4. The van der Waals surface area contributed by atoms with Crippen LogP contribution >= 0.6 is 0 Å². The summed E-state index contributed by atoms with van der Waals surface area (Å²) in [6, 6.07) is 6.36. The standard InChI is InChI=1S/C16H18O7/c1-8-4-15(20)22-13-5-9(2-3-10(8)13)21-16-12(19)6-11(18)14(7-17)23-16/h2-5,11-12,14,16-19H,6-7H2,1H3/t11-,12-,14-,16+/m1/s1. The van der Waals surface area contributed by atoms with Crippen LogP contribution in [0.15, 0.2) is 33.5 Å². The first-order valence-electron chi connectivity index (χ1n) is 7.31. The highest BCUT2D eigenvalue weighted by Gasteiger charge is 2.37. The number of fused-ring (bicyclic) bond motifs is 1. The minimum absolute atomic E-state index is 0.0394. The topological polar surface area (TPSA) is 109 Å². The van der Waals surface area contributed by atoms with Gasteiger partial charge in [-0.2, -0.15) is 0 Å². The van der Waals surface area contributed by atoms with E-state index in [1.165, 1.54) is 6.07 Å². The molecule has 0 aliphatic carbocycles. The summed E-state index contributed by atoms with van der Waals surface area (Å²) in [6.45, 7) is 1.43. The van der Waals surface area contributed by atoms with Gasteiger partial charge in [-0.1, -0.05) is 0 Å². The molecule has 0 bridgehead atoms. The zero-order chi connectivity index (χ0) is 16.6. The van der Waals surface area contributed by atoms with Gasteiger partial charge in [0.2, 0.25) is 6.29 Å². The molecule has 7 nitrogen and oxygen atoms in total. The Morgan fingerprint density at radius 2 is 2.04 bits per heavy atom. The van der Waals surface area contributed by atoms with Crippen LogP contribution in [0.2, 0.25) is 0 Å². The van der Waals surface area contributed by atoms with Gasteiger partial charge in [-0.15, -0.1) is 0 Å². The first-order valence-corrected chi connectivity index (χ1v) is 7.31. The Bertz CT molecular complexity index is 754. The third kappa shape index (κ3) is 3.23. The molecule has 0 unspecified atom stereocenters. The van der Waals surface area contributed by atoms with E-state index in [4.69, 9.17) is 19.0 Å². The van der Waals surface area contributed by atoms with Crippen molar-refractivity contribution in [3.63, 3.8) is 0 Å². The summed E-state index contributed by atoms with van der Waals surface area (Å²) in [5.74, 6) is 0.350. The van der Waals surface area contributed by atoms with Crippen LogP contribution in [0.3, 0.4) is 0 Å². The van der Waals surface area contributed by atoms with E-state index in [1.54, 1.807) is 25.1 Å². The van der Waals surface area contributed by atoms with Gasteiger partial charge >= 0.3 is 5.63 Å². The number of benzene rings is 1. The summed E-state index contributed by atoms with van der Waals surface area (Å²) >= 11 is 0. The second kappa shape index (κ2) is 6.29. The molecule has 1 aromatic heterocycles. The highest BCUT2D eigenvalue weighted by atomic mass is 16.7. The molecule has 1 aliphatic heterocycles. The molecule has 7 heteroatoms. The molecule has 23 heavy (non-hydrogen) atoms. The number of aryl methyl sites for hydroxylation is 1. The van der Waals surface area contributed by atoms with Crippen LogP contribution in [0.5, 0.6) is 5.75 Å². The summed E-state index contributed by atoms with van der Waals surface area (Å²) in [4.78, 5) is 11.4. The van der Waals surface area contributed by atoms with E-state index in [1.807, 2.05) is 0 Å². The van der Waals surface area contributed by atoms with E-state index in [-0.39, 0.29) is 13.0 Å². The molecule has 124 valence electrons. The lowest BCUT2D eigenvalue weighted by Crippen LogP contribution is -2.50. The third-order valence-corrected chi connectivity index (χ3v) is 3.89. The van der Waals surface area contributed by atoms with E-state index in [0.29, 0.717) is 11.3 Å².